The fourth-order valence-corrected chi connectivity index (χ4v) is 2.02. The average Bonchev–Trinajstić information content (AvgIpc) is 2.77. The lowest BCUT2D eigenvalue weighted by Crippen LogP contribution is -2.24. The van der Waals surface area contributed by atoms with Gasteiger partial charge in [-0.25, -0.2) is 10.2 Å². The number of ether oxygens (including phenoxy) is 1. The fourth-order valence-electron chi connectivity index (χ4n) is 2.02. The van der Waals surface area contributed by atoms with E-state index in [0.717, 1.165) is 16.5 Å². The van der Waals surface area contributed by atoms with Crippen LogP contribution < -0.4 is 11.2 Å². The summed E-state index contributed by atoms with van der Waals surface area (Å²) in [5, 5.41) is 4.65. The Morgan fingerprint density at radius 3 is 2.90 bits per heavy atom. The zero-order valence-electron chi connectivity index (χ0n) is 11.6. The van der Waals surface area contributed by atoms with Crippen molar-refractivity contribution < 1.29 is 14.3 Å². The molecule has 3 N–H and O–H groups in total. The van der Waals surface area contributed by atoms with Crippen molar-refractivity contribution in [3.63, 3.8) is 0 Å². The summed E-state index contributed by atoms with van der Waals surface area (Å²) in [7, 11) is 0. The molecule has 1 heterocycles. The summed E-state index contributed by atoms with van der Waals surface area (Å²) in [6.45, 7) is 2.22. The molecule has 7 nitrogen and oxygen atoms in total. The van der Waals surface area contributed by atoms with Crippen molar-refractivity contribution in [3.8, 4) is 0 Å². The monoisotopic (exact) mass is 288 g/mol. The number of urea groups is 1. The topological polar surface area (TPSA) is 98.7 Å². The predicted octanol–water partition coefficient (Wildman–Crippen LogP) is 1.21. The van der Waals surface area contributed by atoms with Crippen LogP contribution in [0, 0.1) is 0 Å². The Labute approximate surface area is 121 Å². The molecule has 0 atom stereocenters. The van der Waals surface area contributed by atoms with E-state index in [1.165, 1.54) is 6.21 Å². The maximum absolute atomic E-state index is 11.6. The van der Waals surface area contributed by atoms with Gasteiger partial charge in [0.15, 0.2) is 0 Å². The van der Waals surface area contributed by atoms with E-state index >= 15 is 0 Å². The number of aromatic nitrogens is 1. The van der Waals surface area contributed by atoms with E-state index < -0.39 is 6.03 Å². The Morgan fingerprint density at radius 2 is 2.19 bits per heavy atom. The van der Waals surface area contributed by atoms with Gasteiger partial charge in [0.2, 0.25) is 0 Å². The molecule has 1 aromatic heterocycles. The van der Waals surface area contributed by atoms with Gasteiger partial charge in [-0.05, 0) is 13.0 Å². The number of carbonyl (C=O) groups excluding carboxylic acids is 2. The molecular formula is C14H16N4O3. The van der Waals surface area contributed by atoms with Gasteiger partial charge < -0.3 is 15.0 Å². The zero-order chi connectivity index (χ0) is 15.2. The van der Waals surface area contributed by atoms with Crippen molar-refractivity contribution in [2.75, 3.05) is 6.61 Å². The molecule has 0 bridgehead atoms. The second kappa shape index (κ2) is 6.56. The average molecular weight is 288 g/mol. The molecule has 2 rings (SSSR count). The molecule has 21 heavy (non-hydrogen) atoms. The molecule has 0 unspecified atom stereocenters. The Morgan fingerprint density at radius 1 is 1.43 bits per heavy atom. The van der Waals surface area contributed by atoms with E-state index in [-0.39, 0.29) is 12.5 Å². The van der Waals surface area contributed by atoms with E-state index in [0.29, 0.717) is 6.61 Å². The standard InChI is InChI=1S/C14H16N4O3/c1-2-21-13(19)9-18-8-10(7-16-17-14(15)20)11-5-3-4-6-12(11)18/h3-8H,2,9H2,1H3,(H3,15,17,20)/b16-7-. The highest BCUT2D eigenvalue weighted by atomic mass is 16.5. The lowest BCUT2D eigenvalue weighted by atomic mass is 10.2. The van der Waals surface area contributed by atoms with Crippen LogP contribution in [0.3, 0.4) is 0 Å². The van der Waals surface area contributed by atoms with Crippen molar-refractivity contribution in [2.24, 2.45) is 10.8 Å². The maximum atomic E-state index is 11.6. The van der Waals surface area contributed by atoms with Gasteiger partial charge in [-0.1, -0.05) is 18.2 Å². The number of benzene rings is 1. The number of nitrogens with one attached hydrogen (secondary N) is 1. The molecule has 0 radical (unpaired) electrons. The van der Waals surface area contributed by atoms with Gasteiger partial charge in [-0.15, -0.1) is 0 Å². The van der Waals surface area contributed by atoms with Gasteiger partial charge in [0.1, 0.15) is 6.54 Å². The van der Waals surface area contributed by atoms with Gasteiger partial charge >= 0.3 is 12.0 Å². The molecule has 0 aliphatic rings. The molecule has 2 aromatic rings. The van der Waals surface area contributed by atoms with Crippen molar-refractivity contribution >= 4 is 29.1 Å². The number of hydrogen-bond acceptors (Lipinski definition) is 4. The van der Waals surface area contributed by atoms with Crippen molar-refractivity contribution in [1.82, 2.24) is 9.99 Å². The van der Waals surface area contributed by atoms with Crippen molar-refractivity contribution in [3.05, 3.63) is 36.0 Å². The summed E-state index contributed by atoms with van der Waals surface area (Å²) >= 11 is 0. The summed E-state index contributed by atoms with van der Waals surface area (Å²) in [5.74, 6) is -0.308. The molecule has 0 spiro atoms. The number of fused-ring (bicyclic) bond motifs is 1. The predicted molar refractivity (Wildman–Crippen MR) is 78.9 cm³/mol. The molecular weight excluding hydrogens is 272 g/mol. The van der Waals surface area contributed by atoms with E-state index in [2.05, 4.69) is 10.5 Å². The molecule has 0 fully saturated rings. The summed E-state index contributed by atoms with van der Waals surface area (Å²) in [6.07, 6.45) is 3.25. The zero-order valence-corrected chi connectivity index (χ0v) is 11.6. The lowest BCUT2D eigenvalue weighted by Gasteiger charge is -2.04. The number of amides is 2. The number of rotatable bonds is 5. The van der Waals surface area contributed by atoms with Gasteiger partial charge in [0.25, 0.3) is 0 Å². The summed E-state index contributed by atoms with van der Waals surface area (Å²) in [4.78, 5) is 22.2. The Hall–Kier alpha value is -2.83. The van der Waals surface area contributed by atoms with E-state index in [9.17, 15) is 9.59 Å². The van der Waals surface area contributed by atoms with E-state index in [4.69, 9.17) is 10.5 Å². The van der Waals surface area contributed by atoms with Gasteiger partial charge in [-0.2, -0.15) is 5.10 Å². The summed E-state index contributed by atoms with van der Waals surface area (Å²) < 4.78 is 6.73. The Bertz CT molecular complexity index is 691. The number of nitrogens with zero attached hydrogens (tertiary/aromatic N) is 2. The molecule has 7 heteroatoms. The number of hydrazone groups is 1. The molecule has 0 aliphatic heterocycles. The summed E-state index contributed by atoms with van der Waals surface area (Å²) in [5.41, 5.74) is 8.73. The SMILES string of the molecule is CCOC(=O)Cn1cc(/C=N\NC(N)=O)c2ccccc21. The van der Waals surface area contributed by atoms with Crippen LogP contribution >= 0.6 is 0 Å². The molecule has 0 saturated carbocycles. The van der Waals surface area contributed by atoms with Crippen LogP contribution in [0.25, 0.3) is 10.9 Å². The minimum Gasteiger partial charge on any atom is -0.465 e. The molecule has 2 amide bonds. The first kappa shape index (κ1) is 14.6. The first-order chi connectivity index (χ1) is 10.1. The third kappa shape index (κ3) is 3.59. The number of primary amides is 1. The fraction of sp³-hybridized carbons (Fsp3) is 0.214. The first-order valence-electron chi connectivity index (χ1n) is 6.43. The highest BCUT2D eigenvalue weighted by molar-refractivity contribution is 6.00. The molecule has 0 saturated heterocycles. The number of nitrogens with two attached hydrogens (primary N) is 1. The Kier molecular flexibility index (Phi) is 4.55. The normalized spacial score (nSPS) is 10.9. The van der Waals surface area contributed by atoms with Crippen LogP contribution in [0.1, 0.15) is 12.5 Å². The van der Waals surface area contributed by atoms with Gasteiger partial charge in [0, 0.05) is 22.7 Å². The van der Waals surface area contributed by atoms with Crippen LogP contribution in [0.15, 0.2) is 35.6 Å². The number of carbonyl (C=O) groups is 2. The van der Waals surface area contributed by atoms with E-state index in [1.807, 2.05) is 24.3 Å². The minimum absolute atomic E-state index is 0.117. The van der Waals surface area contributed by atoms with Crippen molar-refractivity contribution in [1.29, 1.82) is 0 Å². The van der Waals surface area contributed by atoms with Crippen LogP contribution in [-0.4, -0.2) is 29.4 Å². The van der Waals surface area contributed by atoms with Gasteiger partial charge in [0.05, 0.1) is 12.8 Å². The van der Waals surface area contributed by atoms with Crippen LogP contribution in [0.5, 0.6) is 0 Å². The Balaban J connectivity index is 2.32. The highest BCUT2D eigenvalue weighted by Crippen LogP contribution is 2.20. The lowest BCUT2D eigenvalue weighted by molar-refractivity contribution is -0.143. The highest BCUT2D eigenvalue weighted by Gasteiger charge is 2.10. The molecule has 110 valence electrons. The van der Waals surface area contributed by atoms with Crippen LogP contribution in [-0.2, 0) is 16.1 Å². The van der Waals surface area contributed by atoms with Crippen LogP contribution in [0.4, 0.5) is 4.79 Å². The smallest absolute Gasteiger partial charge is 0.332 e. The molecule has 0 aliphatic carbocycles. The number of hydrogen-bond donors (Lipinski definition) is 2. The second-order valence-electron chi connectivity index (χ2n) is 4.27. The van der Waals surface area contributed by atoms with Gasteiger partial charge in [-0.3, -0.25) is 4.79 Å². The summed E-state index contributed by atoms with van der Waals surface area (Å²) in [6, 6.07) is 6.83. The molecule has 1 aromatic carbocycles. The van der Waals surface area contributed by atoms with Crippen molar-refractivity contribution in [2.45, 2.75) is 13.5 Å². The third-order valence-electron chi connectivity index (χ3n) is 2.80. The van der Waals surface area contributed by atoms with E-state index in [1.54, 1.807) is 17.7 Å². The second-order valence-corrected chi connectivity index (χ2v) is 4.27. The minimum atomic E-state index is -0.735. The first-order valence-corrected chi connectivity index (χ1v) is 6.43. The number of esters is 1. The largest absolute Gasteiger partial charge is 0.465 e. The maximum Gasteiger partial charge on any atom is 0.332 e. The quantitative estimate of drug-likeness (QED) is 0.491. The van der Waals surface area contributed by atoms with Crippen LogP contribution in [0.2, 0.25) is 0 Å². The number of para-hydroxylation sites is 1. The third-order valence-corrected chi connectivity index (χ3v) is 2.80.